The van der Waals surface area contributed by atoms with Crippen LogP contribution in [0.2, 0.25) is 0 Å². The maximum absolute atomic E-state index is 14.9. The number of carbonyl (C=O) groups excluding carboxylic acids is 11. The summed E-state index contributed by atoms with van der Waals surface area (Å²) in [6.07, 6.45) is 4.56. The molecule has 27 nitrogen and oxygen atoms in total. The molecule has 4 aromatic rings. The first-order valence-electron chi connectivity index (χ1n) is 35.8. The van der Waals surface area contributed by atoms with Gasteiger partial charge in [0.2, 0.25) is 65.0 Å². The zero-order chi connectivity index (χ0) is 75.1. The minimum absolute atomic E-state index is 0.00226. The molecule has 0 saturated carbocycles. The van der Waals surface area contributed by atoms with Crippen LogP contribution in [0.1, 0.15) is 147 Å². The number of rotatable bonds is 48. The molecule has 0 aliphatic carbocycles. The maximum atomic E-state index is 14.9. The van der Waals surface area contributed by atoms with Crippen LogP contribution in [0, 0.1) is 17.8 Å². The van der Waals surface area contributed by atoms with Crippen molar-refractivity contribution in [1.29, 1.82) is 0 Å². The van der Waals surface area contributed by atoms with Gasteiger partial charge in [0, 0.05) is 19.3 Å². The van der Waals surface area contributed by atoms with Crippen molar-refractivity contribution in [2.24, 2.45) is 46.4 Å². The molecule has 0 aliphatic rings. The number of phenolic OH excluding ortho intramolecular Hbond substituents is 1. The van der Waals surface area contributed by atoms with E-state index >= 15 is 0 Å². The molecule has 4 aromatic carbocycles. The Morgan fingerprint density at radius 3 is 0.990 bits per heavy atom. The second-order valence-corrected chi connectivity index (χ2v) is 26.8. The average Bonchev–Trinajstić information content (AvgIpc) is 0.848. The number of aromatic hydroxyl groups is 1. The highest BCUT2D eigenvalue weighted by Gasteiger charge is 2.38. The molecular formula is C75H113N15O12. The smallest absolute Gasteiger partial charge is 0.243 e. The second-order valence-electron chi connectivity index (χ2n) is 26.8. The number of benzene rings is 4. The molecule has 4 rings (SSSR count). The topological polar surface area (TPSA) is 458 Å². The predicted molar refractivity (Wildman–Crippen MR) is 392 cm³/mol. The Morgan fingerprint density at radius 2 is 0.618 bits per heavy atom. The van der Waals surface area contributed by atoms with E-state index in [9.17, 15) is 57.8 Å². The average molecular weight is 1420 g/mol. The fourth-order valence-electron chi connectivity index (χ4n) is 11.4. The Bertz CT molecular complexity index is 3260. The lowest BCUT2D eigenvalue weighted by atomic mass is 9.96. The van der Waals surface area contributed by atoms with Gasteiger partial charge in [-0.05, 0) is 155 Å². The van der Waals surface area contributed by atoms with Gasteiger partial charge in [-0.1, -0.05) is 151 Å². The number of phenols is 1. The Morgan fingerprint density at radius 1 is 0.333 bits per heavy atom. The van der Waals surface area contributed by atoms with Crippen LogP contribution in [0.5, 0.6) is 5.75 Å². The first kappa shape index (κ1) is 85.1. The summed E-state index contributed by atoms with van der Waals surface area (Å²) < 4.78 is 0. The fraction of sp³-hybridized carbons (Fsp3) is 0.533. The molecule has 11 atom stereocenters. The van der Waals surface area contributed by atoms with Gasteiger partial charge >= 0.3 is 0 Å². The van der Waals surface area contributed by atoms with Crippen LogP contribution < -0.4 is 81.8 Å². The standard InChI is InChI=1S/C75H113N15O12/c1-7-49(6)65(90-72(99)60(45-53-35-37-54(91)38-36-53)85-68(95)57(33-19-23-41-78)83-67(94)56(32-18-22-40-77)81-62(92)46-52-29-15-10-16-30-52)75(102)84-58(34-20-24-42-79)69(96)88-63(47(2)3)73(100)87-61(44-51-27-13-9-14-28-51)71(98)89-64(48(4)5)74(101)86-59(43-50-25-11-8-12-26-50)70(97)82-55(66(80)93)31-17-21-39-76/h8-16,25-30,35-38,47-49,55-61,63-65,91H,7,17-24,31-34,39-46,76-79H2,1-6H3,(H2,80,93)(H,81,92)(H,82,97)(H,83,94)(H,84,102)(H,85,95)(H,86,101)(H,87,100)(H,88,96)(H,89,98)(H,90,99)/t49-,55-,56-,57-,58-,59-,60-,61-,63-,64-,65-/m0/s1. The molecule has 0 saturated heterocycles. The zero-order valence-corrected chi connectivity index (χ0v) is 60.1. The quantitative estimate of drug-likeness (QED) is 0.0281. The van der Waals surface area contributed by atoms with E-state index in [4.69, 9.17) is 28.7 Å². The monoisotopic (exact) mass is 1420 g/mol. The second kappa shape index (κ2) is 46.3. The van der Waals surface area contributed by atoms with E-state index in [0.29, 0.717) is 87.6 Å². The zero-order valence-electron chi connectivity index (χ0n) is 60.1. The Balaban J connectivity index is 1.62. The highest BCUT2D eigenvalue weighted by atomic mass is 16.3. The lowest BCUT2D eigenvalue weighted by Gasteiger charge is -2.31. The van der Waals surface area contributed by atoms with Gasteiger partial charge in [-0.3, -0.25) is 52.7 Å². The van der Waals surface area contributed by atoms with Gasteiger partial charge in [0.05, 0.1) is 6.42 Å². The first-order valence-corrected chi connectivity index (χ1v) is 35.8. The van der Waals surface area contributed by atoms with E-state index in [1.54, 1.807) is 139 Å². The summed E-state index contributed by atoms with van der Waals surface area (Å²) in [6, 6.07) is 20.1. The van der Waals surface area contributed by atoms with Crippen molar-refractivity contribution < 1.29 is 57.8 Å². The molecule has 0 aromatic heterocycles. The summed E-state index contributed by atoms with van der Waals surface area (Å²) in [5, 5.41) is 38.3. The van der Waals surface area contributed by atoms with Crippen molar-refractivity contribution in [3.8, 4) is 5.75 Å². The first-order chi connectivity index (χ1) is 48.8. The lowest BCUT2D eigenvalue weighted by molar-refractivity contribution is -0.137. The lowest BCUT2D eigenvalue weighted by Crippen LogP contribution is -2.62. The molecule has 0 aliphatic heterocycles. The van der Waals surface area contributed by atoms with Crippen LogP contribution in [0.25, 0.3) is 0 Å². The minimum Gasteiger partial charge on any atom is -0.508 e. The molecule has 0 spiro atoms. The van der Waals surface area contributed by atoms with Crippen LogP contribution >= 0.6 is 0 Å². The highest BCUT2D eigenvalue weighted by molar-refractivity contribution is 5.99. The molecule has 0 heterocycles. The Labute approximate surface area is 600 Å². The van der Waals surface area contributed by atoms with Gasteiger partial charge < -0.3 is 86.9 Å². The Kier molecular flexibility index (Phi) is 38.6. The van der Waals surface area contributed by atoms with Gasteiger partial charge in [-0.15, -0.1) is 0 Å². The number of hydrogen-bond donors (Lipinski definition) is 16. The summed E-state index contributed by atoms with van der Waals surface area (Å²) >= 11 is 0. The van der Waals surface area contributed by atoms with Crippen LogP contribution in [-0.4, -0.2) is 157 Å². The molecule has 560 valence electrons. The molecular weight excluding hydrogens is 1300 g/mol. The van der Waals surface area contributed by atoms with Crippen LogP contribution in [-0.2, 0) is 78.4 Å². The molecule has 0 unspecified atom stereocenters. The van der Waals surface area contributed by atoms with Crippen LogP contribution in [0.3, 0.4) is 0 Å². The third-order valence-electron chi connectivity index (χ3n) is 17.7. The minimum atomic E-state index is -1.40. The molecule has 102 heavy (non-hydrogen) atoms. The van der Waals surface area contributed by atoms with Crippen molar-refractivity contribution in [2.45, 2.75) is 211 Å². The van der Waals surface area contributed by atoms with Crippen molar-refractivity contribution in [3.05, 3.63) is 138 Å². The molecule has 21 N–H and O–H groups in total. The predicted octanol–water partition coefficient (Wildman–Crippen LogP) is 1.87. The molecule has 27 heteroatoms. The van der Waals surface area contributed by atoms with Crippen molar-refractivity contribution in [3.63, 3.8) is 0 Å². The Hall–Kier alpha value is -9.31. The third kappa shape index (κ3) is 30.5. The largest absolute Gasteiger partial charge is 0.508 e. The number of nitrogens with one attached hydrogen (secondary N) is 10. The van der Waals surface area contributed by atoms with E-state index in [2.05, 4.69) is 53.2 Å². The molecule has 0 radical (unpaired) electrons. The van der Waals surface area contributed by atoms with Gasteiger partial charge in [-0.2, -0.15) is 0 Å². The number of hydrogen-bond acceptors (Lipinski definition) is 16. The highest BCUT2D eigenvalue weighted by Crippen LogP contribution is 2.18. The van der Waals surface area contributed by atoms with Crippen molar-refractivity contribution in [1.82, 2.24) is 53.2 Å². The van der Waals surface area contributed by atoms with E-state index < -0.39 is 143 Å². The number of carbonyl (C=O) groups is 11. The molecule has 11 amide bonds. The van der Waals surface area contributed by atoms with Gasteiger partial charge in [0.1, 0.15) is 66.2 Å². The van der Waals surface area contributed by atoms with Gasteiger partial charge in [-0.25, -0.2) is 0 Å². The third-order valence-corrected chi connectivity index (χ3v) is 17.7. The van der Waals surface area contributed by atoms with E-state index in [0.717, 1.165) is 5.56 Å². The normalized spacial score (nSPS) is 14.5. The van der Waals surface area contributed by atoms with Crippen molar-refractivity contribution >= 4 is 65.0 Å². The van der Waals surface area contributed by atoms with Gasteiger partial charge in [0.15, 0.2) is 0 Å². The van der Waals surface area contributed by atoms with Crippen LogP contribution in [0.4, 0.5) is 0 Å². The summed E-state index contributed by atoms with van der Waals surface area (Å²) in [5.74, 6) is -9.67. The summed E-state index contributed by atoms with van der Waals surface area (Å²) in [5.41, 5.74) is 31.5. The molecule has 0 fully saturated rings. The van der Waals surface area contributed by atoms with Crippen molar-refractivity contribution in [2.75, 3.05) is 26.2 Å². The maximum Gasteiger partial charge on any atom is 0.243 e. The van der Waals surface area contributed by atoms with E-state index in [1.807, 2.05) is 6.07 Å². The van der Waals surface area contributed by atoms with Gasteiger partial charge in [0.25, 0.3) is 0 Å². The number of amides is 11. The van der Waals surface area contributed by atoms with E-state index in [-0.39, 0.29) is 70.2 Å². The van der Waals surface area contributed by atoms with Crippen LogP contribution in [0.15, 0.2) is 115 Å². The van der Waals surface area contributed by atoms with E-state index in [1.165, 1.54) is 12.1 Å². The number of primary amides is 1. The summed E-state index contributed by atoms with van der Waals surface area (Å²) in [6.45, 7) is 11.5. The SMILES string of the molecule is CC[C@H](C)[C@H](NC(=O)[C@H](Cc1ccc(O)cc1)NC(=O)[C@H](CCCCN)NC(=O)[C@H](CCCCN)NC(=O)Cc1ccccc1)C(=O)N[C@@H](CCCCN)C(=O)N[C@H](C(=O)N[C@@H](Cc1ccccc1)C(=O)N[C@H](C(=O)N[C@@H](Cc1ccccc1)C(=O)N[C@@H](CCCCN)C(N)=O)C(C)C)C(C)C. The summed E-state index contributed by atoms with van der Waals surface area (Å²) in [7, 11) is 0. The molecule has 0 bridgehead atoms. The fourth-order valence-corrected chi connectivity index (χ4v) is 11.4. The summed E-state index contributed by atoms with van der Waals surface area (Å²) in [4.78, 5) is 157. The number of unbranched alkanes of at least 4 members (excludes halogenated alkanes) is 4. The number of nitrogens with two attached hydrogens (primary N) is 5.